The van der Waals surface area contributed by atoms with E-state index in [0.29, 0.717) is 29.4 Å². The number of fused-ring (bicyclic) bond motifs is 1. The maximum Gasteiger partial charge on any atom is 0.414 e. The van der Waals surface area contributed by atoms with Crippen LogP contribution in [0.2, 0.25) is 0 Å². The second kappa shape index (κ2) is 7.31. The Morgan fingerprint density at radius 3 is 2.69 bits per heavy atom. The monoisotopic (exact) mass is 353 g/mol. The van der Waals surface area contributed by atoms with Gasteiger partial charge in [-0.05, 0) is 31.2 Å². The molecule has 1 amide bonds. The average Bonchev–Trinajstić information content (AvgIpc) is 2.92. The average molecular weight is 353 g/mol. The van der Waals surface area contributed by atoms with Crippen LogP contribution in [-0.2, 0) is 0 Å². The van der Waals surface area contributed by atoms with Crippen LogP contribution >= 0.6 is 0 Å². The molecule has 26 heavy (non-hydrogen) atoms. The molecule has 6 heteroatoms. The first kappa shape index (κ1) is 17.5. The van der Waals surface area contributed by atoms with Crippen LogP contribution in [0.25, 0.3) is 6.08 Å². The van der Waals surface area contributed by atoms with E-state index in [-0.39, 0.29) is 11.5 Å². The topological polar surface area (TPSA) is 65.1 Å². The van der Waals surface area contributed by atoms with Crippen molar-refractivity contribution in [3.05, 3.63) is 59.4 Å². The van der Waals surface area contributed by atoms with Gasteiger partial charge in [0.05, 0.1) is 12.2 Å². The second-order valence-electron chi connectivity index (χ2n) is 5.83. The highest BCUT2D eigenvalue weighted by atomic mass is 16.6. The van der Waals surface area contributed by atoms with Gasteiger partial charge in [0.25, 0.3) is 0 Å². The molecule has 2 aromatic rings. The summed E-state index contributed by atoms with van der Waals surface area (Å²) in [6, 6.07) is 12.1. The van der Waals surface area contributed by atoms with E-state index in [1.54, 1.807) is 32.3 Å². The molecule has 134 valence electrons. The van der Waals surface area contributed by atoms with Crippen LogP contribution in [0.4, 0.5) is 4.79 Å². The Labute approximate surface area is 151 Å². The molecule has 0 unspecified atom stereocenters. The largest absolute Gasteiger partial charge is 0.493 e. The van der Waals surface area contributed by atoms with Crippen molar-refractivity contribution in [1.82, 2.24) is 4.90 Å². The van der Waals surface area contributed by atoms with E-state index in [1.807, 2.05) is 31.2 Å². The lowest BCUT2D eigenvalue weighted by molar-refractivity contribution is 0.101. The standard InChI is InChI=1S/C20H19NO5/c1-4-24-16-8-6-5-7-13(16)11-18-19(22)15-10-9-14(12-17(15)26-18)25-20(23)21(2)3/h5-12H,4H2,1-3H3/b18-11-. The zero-order chi connectivity index (χ0) is 18.7. The van der Waals surface area contributed by atoms with E-state index in [1.165, 1.54) is 11.0 Å². The summed E-state index contributed by atoms with van der Waals surface area (Å²) in [5.41, 5.74) is 1.18. The van der Waals surface area contributed by atoms with Gasteiger partial charge < -0.3 is 19.1 Å². The van der Waals surface area contributed by atoms with Crippen LogP contribution in [0.1, 0.15) is 22.8 Å². The highest BCUT2D eigenvalue weighted by Gasteiger charge is 2.28. The summed E-state index contributed by atoms with van der Waals surface area (Å²) in [6.07, 6.45) is 1.15. The maximum absolute atomic E-state index is 12.6. The number of carbonyl (C=O) groups excluding carboxylic acids is 2. The fourth-order valence-corrected chi connectivity index (χ4v) is 2.45. The van der Waals surface area contributed by atoms with Gasteiger partial charge in [0.2, 0.25) is 5.78 Å². The molecule has 0 aromatic heterocycles. The molecule has 0 radical (unpaired) electrons. The summed E-state index contributed by atoms with van der Waals surface area (Å²) in [5.74, 6) is 1.32. The Bertz CT molecular complexity index is 886. The van der Waals surface area contributed by atoms with Crippen molar-refractivity contribution < 1.29 is 23.8 Å². The van der Waals surface area contributed by atoms with Gasteiger partial charge in [0.15, 0.2) is 5.76 Å². The number of para-hydroxylation sites is 1. The van der Waals surface area contributed by atoms with Crippen LogP contribution in [0.15, 0.2) is 48.2 Å². The van der Waals surface area contributed by atoms with Crippen molar-refractivity contribution in [2.75, 3.05) is 20.7 Å². The molecule has 0 atom stereocenters. The Kier molecular flexibility index (Phi) is 4.93. The Morgan fingerprint density at radius 1 is 1.19 bits per heavy atom. The molecule has 6 nitrogen and oxygen atoms in total. The Morgan fingerprint density at radius 2 is 1.96 bits per heavy atom. The van der Waals surface area contributed by atoms with Crippen molar-refractivity contribution in [3.8, 4) is 17.2 Å². The van der Waals surface area contributed by atoms with Gasteiger partial charge in [-0.15, -0.1) is 0 Å². The molecule has 0 fully saturated rings. The van der Waals surface area contributed by atoms with E-state index in [2.05, 4.69) is 0 Å². The van der Waals surface area contributed by atoms with Gasteiger partial charge in [-0.3, -0.25) is 4.79 Å². The molecule has 0 aliphatic carbocycles. The first-order valence-corrected chi connectivity index (χ1v) is 8.19. The van der Waals surface area contributed by atoms with Crippen LogP contribution < -0.4 is 14.2 Å². The highest BCUT2D eigenvalue weighted by Crippen LogP contribution is 2.35. The Hall–Kier alpha value is -3.28. The van der Waals surface area contributed by atoms with Crippen molar-refractivity contribution in [2.24, 2.45) is 0 Å². The second-order valence-corrected chi connectivity index (χ2v) is 5.83. The summed E-state index contributed by atoms with van der Waals surface area (Å²) >= 11 is 0. The number of nitrogens with zero attached hydrogens (tertiary/aromatic N) is 1. The number of amides is 1. The number of carbonyl (C=O) groups is 2. The molecule has 0 saturated heterocycles. The summed E-state index contributed by atoms with van der Waals surface area (Å²) in [5, 5.41) is 0. The minimum Gasteiger partial charge on any atom is -0.493 e. The highest BCUT2D eigenvalue weighted by molar-refractivity contribution is 6.14. The smallest absolute Gasteiger partial charge is 0.414 e. The fourth-order valence-electron chi connectivity index (χ4n) is 2.45. The van der Waals surface area contributed by atoms with Crippen molar-refractivity contribution in [1.29, 1.82) is 0 Å². The van der Waals surface area contributed by atoms with Crippen LogP contribution in [0.5, 0.6) is 17.2 Å². The van der Waals surface area contributed by atoms with E-state index < -0.39 is 6.09 Å². The van der Waals surface area contributed by atoms with Crippen LogP contribution in [-0.4, -0.2) is 37.5 Å². The van der Waals surface area contributed by atoms with Crippen molar-refractivity contribution in [3.63, 3.8) is 0 Å². The number of ketones is 1. The van der Waals surface area contributed by atoms with Crippen molar-refractivity contribution in [2.45, 2.75) is 6.92 Å². The van der Waals surface area contributed by atoms with E-state index in [0.717, 1.165) is 5.56 Å². The Balaban J connectivity index is 1.87. The number of ether oxygens (including phenoxy) is 3. The van der Waals surface area contributed by atoms with Crippen LogP contribution in [0.3, 0.4) is 0 Å². The minimum atomic E-state index is -0.504. The van der Waals surface area contributed by atoms with Gasteiger partial charge >= 0.3 is 6.09 Å². The molecule has 1 aliphatic rings. The molecular formula is C20H19NO5. The summed E-state index contributed by atoms with van der Waals surface area (Å²) in [7, 11) is 3.18. The van der Waals surface area contributed by atoms with Gasteiger partial charge in [0.1, 0.15) is 17.2 Å². The van der Waals surface area contributed by atoms with Gasteiger partial charge in [-0.2, -0.15) is 0 Å². The molecule has 1 aliphatic heterocycles. The molecule has 1 heterocycles. The number of rotatable bonds is 4. The first-order valence-electron chi connectivity index (χ1n) is 8.19. The summed E-state index contributed by atoms with van der Waals surface area (Å²) in [6.45, 7) is 2.42. The zero-order valence-electron chi connectivity index (χ0n) is 14.8. The predicted molar refractivity (Wildman–Crippen MR) is 96.7 cm³/mol. The third-order valence-corrected chi connectivity index (χ3v) is 3.72. The van der Waals surface area contributed by atoms with Gasteiger partial charge in [0, 0.05) is 25.7 Å². The van der Waals surface area contributed by atoms with Crippen LogP contribution in [0, 0.1) is 0 Å². The SMILES string of the molecule is CCOc1ccccc1/C=C1\Oc2cc(OC(=O)N(C)C)ccc2C1=O. The molecule has 3 rings (SSSR count). The van der Waals surface area contributed by atoms with Crippen molar-refractivity contribution >= 4 is 18.0 Å². The fraction of sp³-hybridized carbons (Fsp3) is 0.200. The zero-order valence-corrected chi connectivity index (χ0v) is 14.8. The maximum atomic E-state index is 12.6. The number of benzene rings is 2. The molecule has 0 N–H and O–H groups in total. The third kappa shape index (κ3) is 3.54. The first-order chi connectivity index (χ1) is 12.5. The lowest BCUT2D eigenvalue weighted by Gasteiger charge is -2.10. The molecule has 2 aromatic carbocycles. The lowest BCUT2D eigenvalue weighted by atomic mass is 10.1. The van der Waals surface area contributed by atoms with Gasteiger partial charge in [-0.1, -0.05) is 18.2 Å². The quantitative estimate of drug-likeness (QED) is 0.783. The number of allylic oxidation sites excluding steroid dienone is 1. The third-order valence-electron chi connectivity index (χ3n) is 3.72. The minimum absolute atomic E-state index is 0.197. The number of hydrogen-bond acceptors (Lipinski definition) is 5. The van der Waals surface area contributed by atoms with E-state index in [9.17, 15) is 9.59 Å². The summed E-state index contributed by atoms with van der Waals surface area (Å²) in [4.78, 5) is 25.5. The summed E-state index contributed by atoms with van der Waals surface area (Å²) < 4.78 is 16.5. The molecule has 0 saturated carbocycles. The number of hydrogen-bond donors (Lipinski definition) is 0. The van der Waals surface area contributed by atoms with E-state index >= 15 is 0 Å². The molecule has 0 bridgehead atoms. The normalized spacial score (nSPS) is 14.0. The number of Topliss-reactive ketones (excluding diaryl/α,β-unsaturated/α-hetero) is 1. The van der Waals surface area contributed by atoms with E-state index in [4.69, 9.17) is 14.2 Å². The molecule has 0 spiro atoms. The van der Waals surface area contributed by atoms with Gasteiger partial charge in [-0.25, -0.2) is 4.79 Å². The predicted octanol–water partition coefficient (Wildman–Crippen LogP) is 3.76. The molecular weight excluding hydrogens is 334 g/mol. The lowest BCUT2D eigenvalue weighted by Crippen LogP contribution is -2.25.